The molecule has 35 heavy (non-hydrogen) atoms. The van der Waals surface area contributed by atoms with Crippen molar-refractivity contribution in [1.82, 2.24) is 19.3 Å². The van der Waals surface area contributed by atoms with Crippen molar-refractivity contribution in [2.75, 3.05) is 6.61 Å². The minimum Gasteiger partial charge on any atom is -0.490 e. The van der Waals surface area contributed by atoms with Crippen LogP contribution in [-0.4, -0.2) is 40.4 Å². The molecule has 2 heterocycles. The largest absolute Gasteiger partial charge is 0.490 e. The van der Waals surface area contributed by atoms with Crippen molar-refractivity contribution in [3.63, 3.8) is 0 Å². The summed E-state index contributed by atoms with van der Waals surface area (Å²) in [4.78, 5) is 0.120. The first-order valence-corrected chi connectivity index (χ1v) is 13.2. The molecule has 0 unspecified atom stereocenters. The van der Waals surface area contributed by atoms with E-state index in [0.717, 1.165) is 15.6 Å². The van der Waals surface area contributed by atoms with Gasteiger partial charge in [-0.15, -0.1) is 5.10 Å². The van der Waals surface area contributed by atoms with Crippen LogP contribution < -0.4 is 4.74 Å². The van der Waals surface area contributed by atoms with Gasteiger partial charge < -0.3 is 4.74 Å². The van der Waals surface area contributed by atoms with Gasteiger partial charge in [-0.2, -0.15) is 4.31 Å². The number of aromatic nitrogens is 3. The Morgan fingerprint density at radius 1 is 1.00 bits per heavy atom. The molecular formula is C25H22BrFN4O3S. The summed E-state index contributed by atoms with van der Waals surface area (Å²) in [5.74, 6) is 0.0123. The lowest BCUT2D eigenvalue weighted by Crippen LogP contribution is -2.42. The van der Waals surface area contributed by atoms with E-state index in [1.165, 1.54) is 16.4 Å². The highest BCUT2D eigenvalue weighted by Gasteiger charge is 2.37. The highest BCUT2D eigenvalue weighted by atomic mass is 79.9. The number of ether oxygens (including phenoxy) is 1. The van der Waals surface area contributed by atoms with Gasteiger partial charge in [0.15, 0.2) is 0 Å². The number of halogens is 2. The third-order valence-corrected chi connectivity index (χ3v) is 8.24. The lowest BCUT2D eigenvalue weighted by molar-refractivity contribution is 0.206. The SMILES string of the molecule is O=S1(=O)c2ccc(Br)cc2OC[C@@H](Cc2ccccc2)N1Cc1cn(Cc2ccc(F)cc2)nn1. The highest BCUT2D eigenvalue weighted by molar-refractivity contribution is 9.10. The van der Waals surface area contributed by atoms with E-state index in [4.69, 9.17) is 4.74 Å². The van der Waals surface area contributed by atoms with Crippen molar-refractivity contribution >= 4 is 26.0 Å². The van der Waals surface area contributed by atoms with E-state index in [9.17, 15) is 12.8 Å². The molecule has 0 radical (unpaired) electrons. The first-order valence-electron chi connectivity index (χ1n) is 11.0. The van der Waals surface area contributed by atoms with Crippen molar-refractivity contribution in [3.05, 3.63) is 106 Å². The van der Waals surface area contributed by atoms with Gasteiger partial charge in [-0.25, -0.2) is 17.5 Å². The molecule has 10 heteroatoms. The number of hydrogen-bond donors (Lipinski definition) is 0. The molecule has 1 aromatic heterocycles. The minimum absolute atomic E-state index is 0.0438. The summed E-state index contributed by atoms with van der Waals surface area (Å²) in [5, 5.41) is 8.37. The Kier molecular flexibility index (Phi) is 6.68. The molecule has 0 saturated heterocycles. The fraction of sp³-hybridized carbons (Fsp3) is 0.200. The summed E-state index contributed by atoms with van der Waals surface area (Å²) in [5.41, 5.74) is 2.38. The van der Waals surface area contributed by atoms with E-state index in [2.05, 4.69) is 26.2 Å². The van der Waals surface area contributed by atoms with Crippen LogP contribution in [0, 0.1) is 5.82 Å². The van der Waals surface area contributed by atoms with Gasteiger partial charge in [0.25, 0.3) is 0 Å². The summed E-state index contributed by atoms with van der Waals surface area (Å²) >= 11 is 3.39. The van der Waals surface area contributed by atoms with Crippen LogP contribution in [0.5, 0.6) is 5.75 Å². The van der Waals surface area contributed by atoms with Crippen molar-refractivity contribution in [2.45, 2.75) is 30.4 Å². The van der Waals surface area contributed by atoms with E-state index in [0.29, 0.717) is 24.4 Å². The van der Waals surface area contributed by atoms with Gasteiger partial charge in [-0.1, -0.05) is 63.6 Å². The molecule has 1 aliphatic rings. The van der Waals surface area contributed by atoms with Crippen LogP contribution in [0.4, 0.5) is 4.39 Å². The Morgan fingerprint density at radius 3 is 2.54 bits per heavy atom. The Balaban J connectivity index is 1.45. The van der Waals surface area contributed by atoms with Crippen LogP contribution in [0.15, 0.2) is 88.4 Å². The lowest BCUT2D eigenvalue weighted by atomic mass is 10.1. The third-order valence-electron chi connectivity index (χ3n) is 5.81. The van der Waals surface area contributed by atoms with Crippen LogP contribution >= 0.6 is 15.9 Å². The lowest BCUT2D eigenvalue weighted by Gasteiger charge is -2.27. The van der Waals surface area contributed by atoms with E-state index in [1.54, 1.807) is 41.2 Å². The Hall–Kier alpha value is -3.08. The molecule has 3 aromatic carbocycles. The average Bonchev–Trinajstić information content (AvgIpc) is 3.25. The Bertz CT molecular complexity index is 1430. The first-order chi connectivity index (χ1) is 16.9. The van der Waals surface area contributed by atoms with Gasteiger partial charge in [0.1, 0.15) is 23.1 Å². The number of rotatable bonds is 6. The summed E-state index contributed by atoms with van der Waals surface area (Å²) in [6.45, 7) is 0.636. The second kappa shape index (κ2) is 9.88. The molecular weight excluding hydrogens is 535 g/mol. The van der Waals surface area contributed by atoms with Gasteiger partial charge >= 0.3 is 0 Å². The molecule has 0 aliphatic carbocycles. The predicted octanol–water partition coefficient (Wildman–Crippen LogP) is 4.42. The molecule has 4 aromatic rings. The fourth-order valence-electron chi connectivity index (χ4n) is 4.09. The van der Waals surface area contributed by atoms with Gasteiger partial charge in [0.2, 0.25) is 10.0 Å². The maximum absolute atomic E-state index is 13.8. The van der Waals surface area contributed by atoms with E-state index in [1.807, 2.05) is 30.3 Å². The molecule has 1 aliphatic heterocycles. The molecule has 0 spiro atoms. The van der Waals surface area contributed by atoms with Crippen LogP contribution in [0.3, 0.4) is 0 Å². The van der Waals surface area contributed by atoms with Gasteiger partial charge in [-0.3, -0.25) is 0 Å². The number of sulfonamides is 1. The van der Waals surface area contributed by atoms with Crippen molar-refractivity contribution in [1.29, 1.82) is 0 Å². The molecule has 180 valence electrons. The van der Waals surface area contributed by atoms with Crippen LogP contribution in [-0.2, 0) is 29.5 Å². The summed E-state index contributed by atoms with van der Waals surface area (Å²) in [7, 11) is -3.89. The topological polar surface area (TPSA) is 77.3 Å². The van der Waals surface area contributed by atoms with E-state index >= 15 is 0 Å². The monoisotopic (exact) mass is 556 g/mol. The van der Waals surface area contributed by atoms with E-state index in [-0.39, 0.29) is 23.9 Å². The zero-order valence-electron chi connectivity index (χ0n) is 18.6. The second-order valence-electron chi connectivity index (χ2n) is 8.33. The number of benzene rings is 3. The van der Waals surface area contributed by atoms with Gasteiger partial charge in [0, 0.05) is 4.47 Å². The highest BCUT2D eigenvalue weighted by Crippen LogP contribution is 2.35. The Morgan fingerprint density at radius 2 is 1.77 bits per heavy atom. The number of hydrogen-bond acceptors (Lipinski definition) is 5. The second-order valence-corrected chi connectivity index (χ2v) is 11.1. The smallest absolute Gasteiger partial charge is 0.247 e. The molecule has 1 atom stereocenters. The minimum atomic E-state index is -3.89. The summed E-state index contributed by atoms with van der Waals surface area (Å²) in [6, 6.07) is 20.3. The van der Waals surface area contributed by atoms with Crippen LogP contribution in [0.2, 0.25) is 0 Å². The molecule has 5 rings (SSSR count). The van der Waals surface area contributed by atoms with Crippen molar-refractivity contribution in [2.24, 2.45) is 0 Å². The zero-order valence-corrected chi connectivity index (χ0v) is 21.0. The number of nitrogens with zero attached hydrogens (tertiary/aromatic N) is 4. The zero-order chi connectivity index (χ0) is 24.4. The fourth-order valence-corrected chi connectivity index (χ4v) is 6.12. The van der Waals surface area contributed by atoms with Crippen molar-refractivity contribution < 1.29 is 17.5 Å². The standard InChI is InChI=1S/C25H22BrFN4O3S/c26-20-8-11-25-24(13-20)34-17-23(12-18-4-2-1-3-5-18)31(35(25,32)33)16-22-15-30(29-28-22)14-19-6-9-21(27)10-7-19/h1-11,13,15,23H,12,14,16-17H2/t23-/m1/s1. The number of fused-ring (bicyclic) bond motifs is 1. The van der Waals surface area contributed by atoms with Crippen LogP contribution in [0.1, 0.15) is 16.8 Å². The molecule has 0 amide bonds. The van der Waals surface area contributed by atoms with Crippen molar-refractivity contribution in [3.8, 4) is 5.75 Å². The normalized spacial score (nSPS) is 17.4. The first kappa shape index (κ1) is 23.7. The Labute approximate surface area is 211 Å². The maximum Gasteiger partial charge on any atom is 0.247 e. The third kappa shape index (κ3) is 5.29. The van der Waals surface area contributed by atoms with Gasteiger partial charge in [-0.05, 0) is 47.9 Å². The molecule has 0 saturated carbocycles. The summed E-state index contributed by atoms with van der Waals surface area (Å²) in [6.07, 6.45) is 2.20. The molecule has 0 bridgehead atoms. The molecule has 7 nitrogen and oxygen atoms in total. The quantitative estimate of drug-likeness (QED) is 0.351. The summed E-state index contributed by atoms with van der Waals surface area (Å²) < 4.78 is 50.6. The average molecular weight is 557 g/mol. The van der Waals surface area contributed by atoms with E-state index < -0.39 is 16.1 Å². The molecule has 0 N–H and O–H groups in total. The predicted molar refractivity (Wildman–Crippen MR) is 132 cm³/mol. The van der Waals surface area contributed by atoms with Gasteiger partial charge in [0.05, 0.1) is 31.0 Å². The molecule has 0 fully saturated rings. The maximum atomic E-state index is 13.8. The van der Waals surface area contributed by atoms with Crippen LogP contribution in [0.25, 0.3) is 0 Å².